The van der Waals surface area contributed by atoms with Crippen LogP contribution in [-0.2, 0) is 11.3 Å². The molecule has 4 nitrogen and oxygen atoms in total. The van der Waals surface area contributed by atoms with Crippen molar-refractivity contribution in [3.05, 3.63) is 23.0 Å². The van der Waals surface area contributed by atoms with Gasteiger partial charge in [-0.25, -0.2) is 4.79 Å². The minimum atomic E-state index is -0.870. The molecule has 0 fully saturated rings. The first kappa shape index (κ1) is 11.8. The third-order valence-corrected chi connectivity index (χ3v) is 2.47. The van der Waals surface area contributed by atoms with Gasteiger partial charge in [0.15, 0.2) is 0 Å². The van der Waals surface area contributed by atoms with Crippen molar-refractivity contribution in [1.29, 1.82) is 0 Å². The molecule has 1 rings (SSSR count). The van der Waals surface area contributed by atoms with Crippen molar-refractivity contribution in [3.63, 3.8) is 0 Å². The topological polar surface area (TPSA) is 51.5 Å². The van der Waals surface area contributed by atoms with E-state index in [1.54, 1.807) is 6.07 Å². The van der Waals surface area contributed by atoms with Crippen molar-refractivity contribution in [2.75, 3.05) is 13.2 Å². The fourth-order valence-electron chi connectivity index (χ4n) is 1.66. The second-order valence-corrected chi connectivity index (χ2v) is 3.44. The van der Waals surface area contributed by atoms with Gasteiger partial charge in [0.05, 0.1) is 12.2 Å². The van der Waals surface area contributed by atoms with Crippen LogP contribution >= 0.6 is 0 Å². The zero-order valence-corrected chi connectivity index (χ0v) is 9.41. The Hall–Kier alpha value is -1.29. The summed E-state index contributed by atoms with van der Waals surface area (Å²) in [6, 6.07) is 1.70. The van der Waals surface area contributed by atoms with Crippen molar-refractivity contribution in [1.82, 2.24) is 4.57 Å². The van der Waals surface area contributed by atoms with E-state index in [1.807, 2.05) is 25.3 Å². The maximum Gasteiger partial charge on any atom is 0.337 e. The predicted octanol–water partition coefficient (Wildman–Crippen LogP) is 1.84. The van der Waals surface area contributed by atoms with Crippen molar-refractivity contribution in [3.8, 4) is 0 Å². The highest BCUT2D eigenvalue weighted by Crippen LogP contribution is 2.14. The molecular formula is C11H17NO3. The molecule has 84 valence electrons. The second kappa shape index (κ2) is 4.98. The highest BCUT2D eigenvalue weighted by Gasteiger charge is 2.13. The molecule has 0 saturated heterocycles. The lowest BCUT2D eigenvalue weighted by atomic mass is 10.2. The number of aromatic nitrogens is 1. The molecule has 0 aliphatic carbocycles. The van der Waals surface area contributed by atoms with Gasteiger partial charge in [-0.1, -0.05) is 0 Å². The smallest absolute Gasteiger partial charge is 0.337 e. The van der Waals surface area contributed by atoms with Gasteiger partial charge in [-0.15, -0.1) is 0 Å². The quantitative estimate of drug-likeness (QED) is 0.756. The van der Waals surface area contributed by atoms with E-state index in [1.165, 1.54) is 0 Å². The molecule has 0 aromatic carbocycles. The molecule has 4 heteroatoms. The summed E-state index contributed by atoms with van der Waals surface area (Å²) in [6.45, 7) is 7.68. The zero-order valence-electron chi connectivity index (χ0n) is 9.41. The van der Waals surface area contributed by atoms with Crippen LogP contribution in [0, 0.1) is 13.8 Å². The molecule has 0 spiro atoms. The zero-order chi connectivity index (χ0) is 11.4. The molecule has 0 amide bonds. The van der Waals surface area contributed by atoms with E-state index in [9.17, 15) is 4.79 Å². The Morgan fingerprint density at radius 1 is 1.53 bits per heavy atom. The Balaban J connectivity index is 2.83. The van der Waals surface area contributed by atoms with Crippen LogP contribution in [0.2, 0.25) is 0 Å². The Kier molecular flexibility index (Phi) is 3.91. The number of nitrogens with zero attached hydrogens (tertiary/aromatic N) is 1. The van der Waals surface area contributed by atoms with Gasteiger partial charge in [-0.2, -0.15) is 0 Å². The summed E-state index contributed by atoms with van der Waals surface area (Å²) in [7, 11) is 0. The number of carbonyl (C=O) groups is 1. The molecule has 0 atom stereocenters. The highest BCUT2D eigenvalue weighted by molar-refractivity contribution is 5.89. The maximum atomic E-state index is 10.9. The Bertz CT molecular complexity index is 355. The molecule has 1 aromatic rings. The lowest BCUT2D eigenvalue weighted by molar-refractivity contribution is 0.0695. The minimum Gasteiger partial charge on any atom is -0.478 e. The molecule has 1 N–H and O–H groups in total. The van der Waals surface area contributed by atoms with Gasteiger partial charge < -0.3 is 14.4 Å². The average molecular weight is 211 g/mol. The number of carboxylic acid groups (broad SMARTS) is 1. The van der Waals surface area contributed by atoms with Gasteiger partial charge in [0.2, 0.25) is 0 Å². The number of ether oxygens (including phenoxy) is 1. The van der Waals surface area contributed by atoms with Gasteiger partial charge in [-0.3, -0.25) is 0 Å². The summed E-state index contributed by atoms with van der Waals surface area (Å²) in [6.07, 6.45) is 0. The first-order valence-corrected chi connectivity index (χ1v) is 5.05. The average Bonchev–Trinajstić information content (AvgIpc) is 2.45. The van der Waals surface area contributed by atoms with Crippen molar-refractivity contribution in [2.45, 2.75) is 27.3 Å². The SMILES string of the molecule is CCOCCn1c(C)cc(C(=O)O)c1C. The minimum absolute atomic E-state index is 0.379. The molecule has 0 aliphatic rings. The summed E-state index contributed by atoms with van der Waals surface area (Å²) in [4.78, 5) is 10.9. The summed E-state index contributed by atoms with van der Waals surface area (Å²) < 4.78 is 7.22. The van der Waals surface area contributed by atoms with Crippen LogP contribution in [0.3, 0.4) is 0 Å². The Morgan fingerprint density at radius 3 is 2.67 bits per heavy atom. The van der Waals surface area contributed by atoms with Gasteiger partial charge in [0.25, 0.3) is 0 Å². The van der Waals surface area contributed by atoms with E-state index in [0.29, 0.717) is 25.3 Å². The maximum absolute atomic E-state index is 10.9. The van der Waals surface area contributed by atoms with E-state index in [2.05, 4.69) is 0 Å². The summed E-state index contributed by atoms with van der Waals surface area (Å²) >= 11 is 0. The molecular weight excluding hydrogens is 194 g/mol. The number of hydrogen-bond donors (Lipinski definition) is 1. The molecule has 1 aromatic heterocycles. The molecule has 0 bridgehead atoms. The summed E-state index contributed by atoms with van der Waals surface area (Å²) in [5.74, 6) is -0.870. The number of aromatic carboxylic acids is 1. The summed E-state index contributed by atoms with van der Waals surface area (Å²) in [5.41, 5.74) is 2.13. The van der Waals surface area contributed by atoms with Crippen molar-refractivity contribution in [2.24, 2.45) is 0 Å². The standard InChI is InChI=1S/C11H17NO3/c1-4-15-6-5-12-8(2)7-10(9(12)3)11(13)14/h7H,4-6H2,1-3H3,(H,13,14). The number of carboxylic acids is 1. The predicted molar refractivity (Wildman–Crippen MR) is 57.4 cm³/mol. The molecule has 0 saturated carbocycles. The van der Waals surface area contributed by atoms with Gasteiger partial charge in [0.1, 0.15) is 0 Å². The van der Waals surface area contributed by atoms with E-state index >= 15 is 0 Å². The van der Waals surface area contributed by atoms with Crippen LogP contribution in [0.1, 0.15) is 28.7 Å². The van der Waals surface area contributed by atoms with Crippen LogP contribution in [0.25, 0.3) is 0 Å². The molecule has 0 radical (unpaired) electrons. The first-order valence-electron chi connectivity index (χ1n) is 5.05. The van der Waals surface area contributed by atoms with Crippen LogP contribution in [0.15, 0.2) is 6.07 Å². The van der Waals surface area contributed by atoms with E-state index in [0.717, 1.165) is 11.4 Å². The molecule has 0 aliphatic heterocycles. The molecule has 0 unspecified atom stereocenters. The number of aryl methyl sites for hydroxylation is 1. The molecule has 1 heterocycles. The van der Waals surface area contributed by atoms with E-state index < -0.39 is 5.97 Å². The Morgan fingerprint density at radius 2 is 2.20 bits per heavy atom. The molecule has 15 heavy (non-hydrogen) atoms. The van der Waals surface area contributed by atoms with Crippen LogP contribution in [0.5, 0.6) is 0 Å². The number of hydrogen-bond acceptors (Lipinski definition) is 2. The van der Waals surface area contributed by atoms with Crippen molar-refractivity contribution >= 4 is 5.97 Å². The highest BCUT2D eigenvalue weighted by atomic mass is 16.5. The lowest BCUT2D eigenvalue weighted by Gasteiger charge is -2.08. The third-order valence-electron chi connectivity index (χ3n) is 2.47. The largest absolute Gasteiger partial charge is 0.478 e. The van der Waals surface area contributed by atoms with E-state index in [-0.39, 0.29) is 0 Å². The fourth-order valence-corrected chi connectivity index (χ4v) is 1.66. The first-order chi connectivity index (χ1) is 7.07. The van der Waals surface area contributed by atoms with Crippen LogP contribution < -0.4 is 0 Å². The van der Waals surface area contributed by atoms with Crippen LogP contribution in [-0.4, -0.2) is 28.9 Å². The fraction of sp³-hybridized carbons (Fsp3) is 0.545. The summed E-state index contributed by atoms with van der Waals surface area (Å²) in [5, 5.41) is 8.93. The van der Waals surface area contributed by atoms with Crippen LogP contribution in [0.4, 0.5) is 0 Å². The lowest BCUT2D eigenvalue weighted by Crippen LogP contribution is -2.09. The van der Waals surface area contributed by atoms with Gasteiger partial charge in [0, 0.05) is 24.5 Å². The Labute approximate surface area is 89.5 Å². The van der Waals surface area contributed by atoms with Gasteiger partial charge in [-0.05, 0) is 26.8 Å². The van der Waals surface area contributed by atoms with Gasteiger partial charge >= 0.3 is 5.97 Å². The second-order valence-electron chi connectivity index (χ2n) is 3.44. The number of rotatable bonds is 5. The van der Waals surface area contributed by atoms with Crippen molar-refractivity contribution < 1.29 is 14.6 Å². The monoisotopic (exact) mass is 211 g/mol. The van der Waals surface area contributed by atoms with E-state index in [4.69, 9.17) is 9.84 Å². The third kappa shape index (κ3) is 2.59. The normalized spacial score (nSPS) is 10.6.